The summed E-state index contributed by atoms with van der Waals surface area (Å²) in [4.78, 5) is 9.62. The molecule has 0 bridgehead atoms. The number of aromatic nitrogens is 4. The third-order valence-corrected chi connectivity index (χ3v) is 7.47. The van der Waals surface area contributed by atoms with E-state index in [2.05, 4.69) is 25.3 Å². The van der Waals surface area contributed by atoms with E-state index in [1.54, 1.807) is 12.4 Å². The zero-order chi connectivity index (χ0) is 22.9. The molecule has 0 spiro atoms. The Kier molecular flexibility index (Phi) is 6.60. The maximum absolute atomic E-state index is 9.27. The predicted molar refractivity (Wildman–Crippen MR) is 131 cm³/mol. The molecule has 4 heterocycles. The summed E-state index contributed by atoms with van der Waals surface area (Å²) < 4.78 is 1.91. The van der Waals surface area contributed by atoms with Crippen molar-refractivity contribution in [1.82, 2.24) is 24.5 Å². The van der Waals surface area contributed by atoms with Crippen molar-refractivity contribution in [2.75, 3.05) is 49.5 Å². The molecule has 5 rings (SSSR count). The number of fused-ring (bicyclic) bond motifs is 1. The highest BCUT2D eigenvalue weighted by Gasteiger charge is 2.36. The van der Waals surface area contributed by atoms with E-state index in [0.717, 1.165) is 44.1 Å². The summed E-state index contributed by atoms with van der Waals surface area (Å²) >= 11 is 12.5. The summed E-state index contributed by atoms with van der Waals surface area (Å²) in [5, 5.41) is 22.3. The summed E-state index contributed by atoms with van der Waals surface area (Å²) in [5.41, 5.74) is 1.62. The molecule has 0 radical (unpaired) electrons. The molecule has 2 N–H and O–H groups in total. The lowest BCUT2D eigenvalue weighted by Crippen LogP contribution is -2.54. The molecular formula is C23H29Cl2N7O. The predicted octanol–water partition coefficient (Wildman–Crippen LogP) is 3.74. The van der Waals surface area contributed by atoms with Gasteiger partial charge in [-0.2, -0.15) is 0 Å². The van der Waals surface area contributed by atoms with Crippen LogP contribution in [-0.2, 0) is 0 Å². The van der Waals surface area contributed by atoms with E-state index in [0.29, 0.717) is 33.3 Å². The Morgan fingerprint density at radius 3 is 2.85 bits per heavy atom. The fourth-order valence-electron chi connectivity index (χ4n) is 5.03. The van der Waals surface area contributed by atoms with E-state index in [1.807, 2.05) is 29.7 Å². The lowest BCUT2D eigenvalue weighted by molar-refractivity contribution is 0.101. The molecule has 8 nitrogen and oxygen atoms in total. The van der Waals surface area contributed by atoms with Crippen LogP contribution >= 0.6 is 23.2 Å². The van der Waals surface area contributed by atoms with E-state index >= 15 is 0 Å². The van der Waals surface area contributed by atoms with Gasteiger partial charge in [0.25, 0.3) is 0 Å². The molecule has 2 aromatic heterocycles. The minimum Gasteiger partial charge on any atom is -0.395 e. The number of aliphatic hydroxyl groups excluding tert-OH is 1. The number of nitrogens with zero attached hydrogens (tertiary/aromatic N) is 6. The molecule has 10 heteroatoms. The minimum atomic E-state index is -0.0816. The number of piperidine rings is 1. The van der Waals surface area contributed by atoms with Crippen molar-refractivity contribution < 1.29 is 5.11 Å². The van der Waals surface area contributed by atoms with Crippen LogP contribution in [0.25, 0.3) is 5.65 Å². The molecule has 3 aromatic rings. The fraction of sp³-hybridized carbons (Fsp3) is 0.522. The van der Waals surface area contributed by atoms with Gasteiger partial charge < -0.3 is 20.2 Å². The topological polar surface area (TPSA) is 81.8 Å². The second-order valence-corrected chi connectivity index (χ2v) is 9.98. The minimum absolute atomic E-state index is 0.0816. The van der Waals surface area contributed by atoms with Crippen LogP contribution in [0.2, 0.25) is 10.0 Å². The van der Waals surface area contributed by atoms with Gasteiger partial charge in [-0.3, -0.25) is 4.40 Å². The van der Waals surface area contributed by atoms with Crippen molar-refractivity contribution in [2.24, 2.45) is 11.8 Å². The van der Waals surface area contributed by atoms with Crippen molar-refractivity contribution in [3.63, 3.8) is 0 Å². The van der Waals surface area contributed by atoms with Crippen molar-refractivity contribution in [1.29, 1.82) is 0 Å². The summed E-state index contributed by atoms with van der Waals surface area (Å²) in [6.45, 7) is 7.24. The van der Waals surface area contributed by atoms with Crippen LogP contribution < -0.4 is 10.2 Å². The molecule has 1 aromatic carbocycles. The van der Waals surface area contributed by atoms with Gasteiger partial charge in [-0.1, -0.05) is 29.3 Å². The van der Waals surface area contributed by atoms with Crippen LogP contribution in [0.15, 0.2) is 30.7 Å². The van der Waals surface area contributed by atoms with Gasteiger partial charge in [0, 0.05) is 36.2 Å². The molecule has 2 atom stereocenters. The molecule has 2 saturated heterocycles. The molecular weight excluding hydrogens is 461 g/mol. The van der Waals surface area contributed by atoms with Crippen LogP contribution in [0.3, 0.4) is 0 Å². The van der Waals surface area contributed by atoms with Crippen molar-refractivity contribution >= 4 is 40.5 Å². The molecule has 2 fully saturated rings. The van der Waals surface area contributed by atoms with Gasteiger partial charge in [-0.05, 0) is 55.8 Å². The lowest BCUT2D eigenvalue weighted by Gasteiger charge is -2.47. The van der Waals surface area contributed by atoms with Gasteiger partial charge in [-0.15, -0.1) is 10.2 Å². The summed E-state index contributed by atoms with van der Waals surface area (Å²) in [7, 11) is 0. The zero-order valence-electron chi connectivity index (χ0n) is 18.7. The first kappa shape index (κ1) is 22.7. The van der Waals surface area contributed by atoms with E-state index in [9.17, 15) is 5.11 Å². The first-order valence-corrected chi connectivity index (χ1v) is 12.3. The molecule has 176 valence electrons. The zero-order valence-corrected chi connectivity index (χ0v) is 20.2. The van der Waals surface area contributed by atoms with Gasteiger partial charge in [0.1, 0.15) is 12.1 Å². The first-order valence-electron chi connectivity index (χ1n) is 11.5. The van der Waals surface area contributed by atoms with Gasteiger partial charge in [0.2, 0.25) is 5.65 Å². The van der Waals surface area contributed by atoms with Crippen molar-refractivity contribution in [3.8, 4) is 0 Å². The Balaban J connectivity index is 1.30. The lowest BCUT2D eigenvalue weighted by atomic mass is 9.80. The number of rotatable bonds is 7. The number of aliphatic hydroxyl groups is 1. The van der Waals surface area contributed by atoms with Crippen LogP contribution in [0.5, 0.6) is 0 Å². The highest BCUT2D eigenvalue weighted by molar-refractivity contribution is 6.35. The largest absolute Gasteiger partial charge is 0.395 e. The standard InChI is InChI=1S/C23H29Cl2N7O/c1-15(19-5-4-18(24)9-20(19)25)27-22-23-29-26-14-32(23)13-21(28-22)31-11-17(12-31)16-3-2-6-30(10-16)7-8-33/h4-5,9,13-17,33H,2-3,6-8,10-12H2,1H3,(H,27,28). The van der Waals surface area contributed by atoms with E-state index in [1.165, 1.54) is 12.8 Å². The van der Waals surface area contributed by atoms with Crippen LogP contribution in [0.1, 0.15) is 31.4 Å². The number of β-amino-alcohol motifs (C(OH)–C–C–N with tert-alkyl or cyclic N) is 1. The van der Waals surface area contributed by atoms with Crippen LogP contribution in [-0.4, -0.2) is 68.9 Å². The van der Waals surface area contributed by atoms with Gasteiger partial charge in [0.05, 0.1) is 18.8 Å². The monoisotopic (exact) mass is 489 g/mol. The van der Waals surface area contributed by atoms with Crippen molar-refractivity contribution in [2.45, 2.75) is 25.8 Å². The number of halogens is 2. The van der Waals surface area contributed by atoms with E-state index in [-0.39, 0.29) is 12.6 Å². The Hall–Kier alpha value is -2.13. The smallest absolute Gasteiger partial charge is 0.203 e. The third-order valence-electron chi connectivity index (χ3n) is 6.91. The Labute approximate surface area is 203 Å². The normalized spacial score (nSPS) is 20.7. The van der Waals surface area contributed by atoms with Gasteiger partial charge in [-0.25, -0.2) is 4.98 Å². The summed E-state index contributed by atoms with van der Waals surface area (Å²) in [6.07, 6.45) is 6.18. The Morgan fingerprint density at radius 1 is 1.21 bits per heavy atom. The highest BCUT2D eigenvalue weighted by atomic mass is 35.5. The molecule has 33 heavy (non-hydrogen) atoms. The maximum atomic E-state index is 9.27. The first-order chi connectivity index (χ1) is 16.0. The molecule has 0 amide bonds. The van der Waals surface area contributed by atoms with Gasteiger partial charge >= 0.3 is 0 Å². The number of hydrogen-bond donors (Lipinski definition) is 2. The number of hydrogen-bond acceptors (Lipinski definition) is 7. The maximum Gasteiger partial charge on any atom is 0.203 e. The van der Waals surface area contributed by atoms with Crippen LogP contribution in [0.4, 0.5) is 11.6 Å². The molecule has 0 saturated carbocycles. The van der Waals surface area contributed by atoms with Gasteiger partial charge in [0.15, 0.2) is 5.82 Å². The highest BCUT2D eigenvalue weighted by Crippen LogP contribution is 2.35. The van der Waals surface area contributed by atoms with Crippen LogP contribution in [0, 0.1) is 11.8 Å². The number of likely N-dealkylation sites (tertiary alicyclic amines) is 1. The Morgan fingerprint density at radius 2 is 2.06 bits per heavy atom. The third kappa shape index (κ3) is 4.75. The number of anilines is 2. The Bertz CT molecular complexity index is 1120. The fourth-order valence-corrected chi connectivity index (χ4v) is 5.60. The molecule has 2 unspecified atom stereocenters. The number of nitrogens with one attached hydrogen (secondary N) is 1. The second-order valence-electron chi connectivity index (χ2n) is 9.13. The van der Waals surface area contributed by atoms with E-state index in [4.69, 9.17) is 28.2 Å². The number of benzene rings is 1. The molecule has 2 aliphatic heterocycles. The van der Waals surface area contributed by atoms with Crippen molar-refractivity contribution in [3.05, 3.63) is 46.3 Å². The summed E-state index contributed by atoms with van der Waals surface area (Å²) in [6, 6.07) is 5.43. The average molecular weight is 490 g/mol. The van der Waals surface area contributed by atoms with E-state index < -0.39 is 0 Å². The average Bonchev–Trinajstić information content (AvgIpc) is 3.22. The second kappa shape index (κ2) is 9.62. The quantitative estimate of drug-likeness (QED) is 0.522. The SMILES string of the molecule is CC(Nc1nc(N2CC(C3CCCN(CCO)C3)C2)cn2cnnc12)c1ccc(Cl)cc1Cl. The molecule has 2 aliphatic rings. The molecule has 0 aliphatic carbocycles. The summed E-state index contributed by atoms with van der Waals surface area (Å²) in [5.74, 6) is 2.94.